The summed E-state index contributed by atoms with van der Waals surface area (Å²) in [6.45, 7) is 2.86. The van der Waals surface area contributed by atoms with E-state index in [1.165, 1.54) is 18.6 Å². The molecular weight excluding hydrogens is 266 g/mol. The van der Waals surface area contributed by atoms with Gasteiger partial charge in [-0.05, 0) is 30.7 Å². The second-order valence-electron chi connectivity index (χ2n) is 5.03. The van der Waals surface area contributed by atoms with Gasteiger partial charge in [-0.2, -0.15) is 0 Å². The van der Waals surface area contributed by atoms with Gasteiger partial charge in [0.1, 0.15) is 17.0 Å². The third kappa shape index (κ3) is 3.05. The molecule has 4 heteroatoms. The molecule has 2 aliphatic rings. The zero-order valence-electron chi connectivity index (χ0n) is 12.0. The Bertz CT molecular complexity index is 779. The van der Waals surface area contributed by atoms with E-state index in [2.05, 4.69) is 11.9 Å². The number of ether oxygens (including phenoxy) is 1. The molecule has 108 valence electrons. The van der Waals surface area contributed by atoms with Crippen molar-refractivity contribution in [3.05, 3.63) is 46.6 Å². The maximum absolute atomic E-state index is 11.4. The number of hydrogen-bond donors (Lipinski definition) is 0. The zero-order chi connectivity index (χ0) is 14.7. The van der Waals surface area contributed by atoms with E-state index in [0.29, 0.717) is 23.6 Å². The molecule has 0 N–H and O–H groups in total. The summed E-state index contributed by atoms with van der Waals surface area (Å²) in [6.07, 6.45) is 3.38. The van der Waals surface area contributed by atoms with Crippen molar-refractivity contribution in [3.63, 3.8) is 0 Å². The molecule has 0 amide bonds. The van der Waals surface area contributed by atoms with Gasteiger partial charge in [0.2, 0.25) is 0 Å². The first-order valence-corrected chi connectivity index (χ1v) is 7.24. The summed E-state index contributed by atoms with van der Waals surface area (Å²) in [5.41, 5.74) is 1.97. The Morgan fingerprint density at radius 3 is 2.90 bits per heavy atom. The van der Waals surface area contributed by atoms with Crippen molar-refractivity contribution in [3.8, 4) is 17.2 Å². The number of fused-ring (bicyclic) bond motifs is 2. The summed E-state index contributed by atoms with van der Waals surface area (Å²) < 4.78 is 11.5. The number of aromatic nitrogens is 1. The fraction of sp³-hybridized carbons (Fsp3) is 0.294. The Morgan fingerprint density at radius 2 is 2.05 bits per heavy atom. The first-order chi connectivity index (χ1) is 10.3. The van der Waals surface area contributed by atoms with Crippen LogP contribution in [0.15, 0.2) is 45.6 Å². The Morgan fingerprint density at radius 1 is 1.14 bits per heavy atom. The van der Waals surface area contributed by atoms with Crippen molar-refractivity contribution >= 4 is 11.1 Å². The second-order valence-corrected chi connectivity index (χ2v) is 5.03. The molecule has 0 saturated heterocycles. The number of hydrogen-bond acceptors (Lipinski definition) is 4. The molecule has 4 nitrogen and oxygen atoms in total. The highest BCUT2D eigenvalue weighted by Crippen LogP contribution is 2.26. The van der Waals surface area contributed by atoms with E-state index >= 15 is 0 Å². The molecule has 0 atom stereocenters. The van der Waals surface area contributed by atoms with Crippen LogP contribution in [0.5, 0.6) is 5.75 Å². The fourth-order valence-electron chi connectivity index (χ4n) is 2.22. The summed E-state index contributed by atoms with van der Waals surface area (Å²) in [4.78, 5) is 15.9. The SMILES string of the molecule is CCCCCOc1ccc2nc3ccc(=O)cc-3oc2c1. The van der Waals surface area contributed by atoms with Gasteiger partial charge in [-0.1, -0.05) is 19.8 Å². The minimum atomic E-state index is -0.0839. The number of benzene rings is 2. The van der Waals surface area contributed by atoms with Crippen LogP contribution in [0.4, 0.5) is 0 Å². The Labute approximate surface area is 122 Å². The molecule has 1 heterocycles. The molecule has 1 aromatic rings. The molecule has 3 rings (SSSR count). The molecule has 0 fully saturated rings. The summed E-state index contributed by atoms with van der Waals surface area (Å²) in [6, 6.07) is 10.2. The predicted octanol–water partition coefficient (Wildman–Crippen LogP) is 3.86. The van der Waals surface area contributed by atoms with Crippen molar-refractivity contribution in [1.82, 2.24) is 4.98 Å². The van der Waals surface area contributed by atoms with Gasteiger partial charge in [0.25, 0.3) is 0 Å². The monoisotopic (exact) mass is 283 g/mol. The van der Waals surface area contributed by atoms with Gasteiger partial charge in [0.15, 0.2) is 16.8 Å². The van der Waals surface area contributed by atoms with Crippen LogP contribution in [0, 0.1) is 0 Å². The zero-order valence-corrected chi connectivity index (χ0v) is 12.0. The van der Waals surface area contributed by atoms with Gasteiger partial charge in [-0.3, -0.25) is 4.79 Å². The number of rotatable bonds is 5. The maximum atomic E-state index is 11.4. The molecule has 1 aromatic carbocycles. The molecule has 0 bridgehead atoms. The smallest absolute Gasteiger partial charge is 0.182 e. The van der Waals surface area contributed by atoms with Crippen LogP contribution in [0.25, 0.3) is 22.6 Å². The van der Waals surface area contributed by atoms with Gasteiger partial charge in [0, 0.05) is 12.1 Å². The van der Waals surface area contributed by atoms with E-state index in [1.807, 2.05) is 18.2 Å². The molecule has 0 spiro atoms. The molecule has 0 saturated carbocycles. The van der Waals surface area contributed by atoms with Crippen LogP contribution >= 0.6 is 0 Å². The van der Waals surface area contributed by atoms with Gasteiger partial charge < -0.3 is 9.15 Å². The largest absolute Gasteiger partial charge is 0.493 e. The lowest BCUT2D eigenvalue weighted by molar-refractivity contribution is 0.306. The average Bonchev–Trinajstić information content (AvgIpc) is 2.49. The minimum absolute atomic E-state index is 0.0839. The van der Waals surface area contributed by atoms with Crippen LogP contribution in [0.3, 0.4) is 0 Å². The van der Waals surface area contributed by atoms with Crippen molar-refractivity contribution in [2.45, 2.75) is 26.2 Å². The Balaban J connectivity index is 1.91. The van der Waals surface area contributed by atoms with Gasteiger partial charge >= 0.3 is 0 Å². The van der Waals surface area contributed by atoms with E-state index in [4.69, 9.17) is 9.15 Å². The highest BCUT2D eigenvalue weighted by Gasteiger charge is 2.09. The molecule has 0 aromatic heterocycles. The van der Waals surface area contributed by atoms with Gasteiger partial charge in [-0.15, -0.1) is 0 Å². The first-order valence-electron chi connectivity index (χ1n) is 7.24. The van der Waals surface area contributed by atoms with E-state index in [0.717, 1.165) is 24.1 Å². The standard InChI is InChI=1S/C17H17NO3/c1-2-3-4-9-20-13-6-8-15-17(11-13)21-16-10-12(19)5-7-14(16)18-15/h5-8,10-11H,2-4,9H2,1H3. The lowest BCUT2D eigenvalue weighted by atomic mass is 10.2. The summed E-state index contributed by atoms with van der Waals surface area (Å²) in [7, 11) is 0. The number of nitrogens with zero attached hydrogens (tertiary/aromatic N) is 1. The predicted molar refractivity (Wildman–Crippen MR) is 81.9 cm³/mol. The van der Waals surface area contributed by atoms with Crippen LogP contribution in [0.2, 0.25) is 0 Å². The lowest BCUT2D eigenvalue weighted by Crippen LogP contribution is -2.00. The molecule has 0 unspecified atom stereocenters. The van der Waals surface area contributed by atoms with Crippen molar-refractivity contribution in [2.75, 3.05) is 6.61 Å². The third-order valence-corrected chi connectivity index (χ3v) is 3.34. The summed E-state index contributed by atoms with van der Waals surface area (Å²) >= 11 is 0. The molecule has 1 aliphatic heterocycles. The topological polar surface area (TPSA) is 52.3 Å². The van der Waals surface area contributed by atoms with E-state index < -0.39 is 0 Å². The van der Waals surface area contributed by atoms with Gasteiger partial charge in [-0.25, -0.2) is 4.98 Å². The highest BCUT2D eigenvalue weighted by molar-refractivity contribution is 5.77. The van der Waals surface area contributed by atoms with Crippen LogP contribution in [-0.2, 0) is 0 Å². The maximum Gasteiger partial charge on any atom is 0.182 e. The molecule has 1 aliphatic carbocycles. The highest BCUT2D eigenvalue weighted by atomic mass is 16.5. The Hall–Kier alpha value is -2.36. The minimum Gasteiger partial charge on any atom is -0.493 e. The second kappa shape index (κ2) is 5.95. The molecular formula is C17H17NO3. The number of unbranched alkanes of at least 4 members (excludes halogenated alkanes) is 2. The first kappa shape index (κ1) is 13.6. The molecule has 0 radical (unpaired) electrons. The van der Waals surface area contributed by atoms with Crippen LogP contribution in [0.1, 0.15) is 26.2 Å². The summed E-state index contributed by atoms with van der Waals surface area (Å²) in [5.74, 6) is 1.26. The normalized spacial score (nSPS) is 11.1. The van der Waals surface area contributed by atoms with Crippen molar-refractivity contribution < 1.29 is 9.15 Å². The van der Waals surface area contributed by atoms with E-state index in [9.17, 15) is 4.79 Å². The van der Waals surface area contributed by atoms with E-state index in [1.54, 1.807) is 6.07 Å². The Kier molecular flexibility index (Phi) is 3.86. The average molecular weight is 283 g/mol. The quantitative estimate of drug-likeness (QED) is 0.527. The van der Waals surface area contributed by atoms with E-state index in [-0.39, 0.29) is 5.43 Å². The van der Waals surface area contributed by atoms with Crippen LogP contribution in [-0.4, -0.2) is 11.6 Å². The third-order valence-electron chi connectivity index (χ3n) is 3.34. The van der Waals surface area contributed by atoms with Crippen LogP contribution < -0.4 is 10.2 Å². The van der Waals surface area contributed by atoms with Crippen molar-refractivity contribution in [2.24, 2.45) is 0 Å². The van der Waals surface area contributed by atoms with Gasteiger partial charge in [0.05, 0.1) is 6.61 Å². The molecule has 21 heavy (non-hydrogen) atoms. The fourth-order valence-corrected chi connectivity index (χ4v) is 2.22. The lowest BCUT2D eigenvalue weighted by Gasteiger charge is -2.08. The summed E-state index contributed by atoms with van der Waals surface area (Å²) in [5, 5.41) is 0. The van der Waals surface area contributed by atoms with Crippen molar-refractivity contribution in [1.29, 1.82) is 0 Å².